The predicted octanol–water partition coefficient (Wildman–Crippen LogP) is 0.786. The van der Waals surface area contributed by atoms with Crippen LogP contribution in [-0.2, 0) is 0 Å². The predicted molar refractivity (Wildman–Crippen MR) is 66.2 cm³/mol. The van der Waals surface area contributed by atoms with E-state index in [-0.39, 0.29) is 5.54 Å². The van der Waals surface area contributed by atoms with Crippen LogP contribution in [0.4, 0.5) is 0 Å². The van der Waals surface area contributed by atoms with Gasteiger partial charge in [-0.05, 0) is 27.9 Å². The zero-order valence-electron chi connectivity index (χ0n) is 10.6. The molecule has 1 heterocycles. The standard InChI is InChI=1S/C12H25N3/c1-6-7-15-9-11(8-13-4)14(5)12(2,3)10-15/h6,11,13H,1,7-10H2,2-5H3. The van der Waals surface area contributed by atoms with Crippen LogP contribution in [0.15, 0.2) is 12.7 Å². The fourth-order valence-corrected chi connectivity index (χ4v) is 2.40. The summed E-state index contributed by atoms with van der Waals surface area (Å²) < 4.78 is 0. The molecule has 0 bridgehead atoms. The third kappa shape index (κ3) is 3.03. The molecule has 1 N–H and O–H groups in total. The van der Waals surface area contributed by atoms with Crippen LogP contribution < -0.4 is 5.32 Å². The van der Waals surface area contributed by atoms with Gasteiger partial charge in [-0.2, -0.15) is 0 Å². The van der Waals surface area contributed by atoms with Crippen LogP contribution in [0, 0.1) is 0 Å². The normalized spacial score (nSPS) is 27.9. The van der Waals surface area contributed by atoms with Crippen LogP contribution in [0.1, 0.15) is 13.8 Å². The van der Waals surface area contributed by atoms with E-state index in [1.54, 1.807) is 0 Å². The zero-order chi connectivity index (χ0) is 11.5. The third-order valence-corrected chi connectivity index (χ3v) is 3.41. The van der Waals surface area contributed by atoms with Gasteiger partial charge in [-0.1, -0.05) is 6.08 Å². The lowest BCUT2D eigenvalue weighted by Crippen LogP contribution is -2.64. The Labute approximate surface area is 94.1 Å². The van der Waals surface area contributed by atoms with Crippen molar-refractivity contribution >= 4 is 0 Å². The first kappa shape index (κ1) is 12.7. The summed E-state index contributed by atoms with van der Waals surface area (Å²) in [7, 11) is 4.25. The molecule has 1 saturated heterocycles. The molecule has 0 spiro atoms. The van der Waals surface area contributed by atoms with Gasteiger partial charge in [-0.25, -0.2) is 0 Å². The van der Waals surface area contributed by atoms with Crippen molar-refractivity contribution in [3.05, 3.63) is 12.7 Å². The van der Waals surface area contributed by atoms with E-state index in [9.17, 15) is 0 Å². The van der Waals surface area contributed by atoms with Crippen molar-refractivity contribution in [2.75, 3.05) is 40.3 Å². The monoisotopic (exact) mass is 211 g/mol. The Balaban J connectivity index is 2.67. The highest BCUT2D eigenvalue weighted by Gasteiger charge is 2.36. The molecule has 1 aliphatic heterocycles. The van der Waals surface area contributed by atoms with Crippen LogP contribution >= 0.6 is 0 Å². The maximum atomic E-state index is 3.82. The number of nitrogens with one attached hydrogen (secondary N) is 1. The van der Waals surface area contributed by atoms with E-state index in [0.29, 0.717) is 6.04 Å². The van der Waals surface area contributed by atoms with Crippen molar-refractivity contribution in [3.8, 4) is 0 Å². The second-order valence-corrected chi connectivity index (χ2v) is 5.12. The second-order valence-electron chi connectivity index (χ2n) is 5.12. The van der Waals surface area contributed by atoms with Crippen LogP contribution in [0.25, 0.3) is 0 Å². The van der Waals surface area contributed by atoms with Gasteiger partial charge < -0.3 is 5.32 Å². The van der Waals surface area contributed by atoms with E-state index in [0.717, 1.165) is 26.2 Å². The number of likely N-dealkylation sites (N-methyl/N-ethyl adjacent to an activating group) is 2. The molecule has 0 aromatic rings. The quantitative estimate of drug-likeness (QED) is 0.694. The Morgan fingerprint density at radius 1 is 1.53 bits per heavy atom. The van der Waals surface area contributed by atoms with E-state index < -0.39 is 0 Å². The van der Waals surface area contributed by atoms with Gasteiger partial charge in [0.2, 0.25) is 0 Å². The Bertz CT molecular complexity index is 213. The molecule has 15 heavy (non-hydrogen) atoms. The zero-order valence-corrected chi connectivity index (χ0v) is 10.6. The molecule has 0 aliphatic carbocycles. The van der Waals surface area contributed by atoms with Gasteiger partial charge in [0.25, 0.3) is 0 Å². The number of hydrogen-bond acceptors (Lipinski definition) is 3. The Morgan fingerprint density at radius 2 is 2.20 bits per heavy atom. The molecule has 1 atom stereocenters. The smallest absolute Gasteiger partial charge is 0.0350 e. The summed E-state index contributed by atoms with van der Waals surface area (Å²) in [6.45, 7) is 12.7. The molecule has 1 aliphatic rings. The Morgan fingerprint density at radius 3 is 2.73 bits per heavy atom. The number of nitrogens with zero attached hydrogens (tertiary/aromatic N) is 2. The van der Waals surface area contributed by atoms with Crippen LogP contribution in [0.2, 0.25) is 0 Å². The highest BCUT2D eigenvalue weighted by molar-refractivity contribution is 4.95. The van der Waals surface area contributed by atoms with Crippen LogP contribution in [0.5, 0.6) is 0 Å². The molecule has 1 fully saturated rings. The lowest BCUT2D eigenvalue weighted by Gasteiger charge is -2.50. The van der Waals surface area contributed by atoms with Gasteiger partial charge in [0.05, 0.1) is 0 Å². The third-order valence-electron chi connectivity index (χ3n) is 3.41. The highest BCUT2D eigenvalue weighted by atomic mass is 15.3. The van der Waals surface area contributed by atoms with Gasteiger partial charge in [0.15, 0.2) is 0 Å². The van der Waals surface area contributed by atoms with Crippen molar-refractivity contribution in [3.63, 3.8) is 0 Å². The summed E-state index contributed by atoms with van der Waals surface area (Å²) in [4.78, 5) is 4.97. The van der Waals surface area contributed by atoms with Gasteiger partial charge >= 0.3 is 0 Å². The van der Waals surface area contributed by atoms with E-state index in [4.69, 9.17) is 0 Å². The largest absolute Gasteiger partial charge is 0.318 e. The molecule has 88 valence electrons. The number of hydrogen-bond donors (Lipinski definition) is 1. The van der Waals surface area contributed by atoms with Gasteiger partial charge in [0, 0.05) is 37.8 Å². The lowest BCUT2D eigenvalue weighted by atomic mass is 9.95. The molecular weight excluding hydrogens is 186 g/mol. The average Bonchev–Trinajstić information content (AvgIpc) is 2.14. The first-order chi connectivity index (χ1) is 7.01. The molecule has 0 saturated carbocycles. The summed E-state index contributed by atoms with van der Waals surface area (Å²) in [6.07, 6.45) is 2.00. The Kier molecular flexibility index (Phi) is 4.32. The minimum Gasteiger partial charge on any atom is -0.318 e. The summed E-state index contributed by atoms with van der Waals surface area (Å²) in [5.74, 6) is 0. The highest BCUT2D eigenvalue weighted by Crippen LogP contribution is 2.22. The van der Waals surface area contributed by atoms with Crippen molar-refractivity contribution in [1.29, 1.82) is 0 Å². The fraction of sp³-hybridized carbons (Fsp3) is 0.833. The average molecular weight is 211 g/mol. The van der Waals surface area contributed by atoms with E-state index in [2.05, 4.69) is 42.6 Å². The molecule has 0 aromatic carbocycles. The van der Waals surface area contributed by atoms with Crippen LogP contribution in [-0.4, -0.2) is 61.7 Å². The first-order valence-corrected chi connectivity index (χ1v) is 5.72. The fourth-order valence-electron chi connectivity index (χ4n) is 2.40. The second kappa shape index (κ2) is 5.10. The van der Waals surface area contributed by atoms with E-state index in [1.807, 2.05) is 13.1 Å². The molecule has 3 nitrogen and oxygen atoms in total. The molecule has 1 unspecified atom stereocenters. The lowest BCUT2D eigenvalue weighted by molar-refractivity contribution is -0.0000825. The Hall–Kier alpha value is -0.380. The van der Waals surface area contributed by atoms with Gasteiger partial charge in [-0.3, -0.25) is 9.80 Å². The van der Waals surface area contributed by atoms with Gasteiger partial charge in [0.1, 0.15) is 0 Å². The maximum Gasteiger partial charge on any atom is 0.0350 e. The minimum absolute atomic E-state index is 0.253. The summed E-state index contributed by atoms with van der Waals surface area (Å²) in [5, 5.41) is 3.27. The van der Waals surface area contributed by atoms with E-state index in [1.165, 1.54) is 0 Å². The first-order valence-electron chi connectivity index (χ1n) is 5.72. The van der Waals surface area contributed by atoms with Crippen molar-refractivity contribution in [2.45, 2.75) is 25.4 Å². The SMILES string of the molecule is C=CCN1CC(CNC)N(C)C(C)(C)C1. The molecular formula is C12H25N3. The van der Waals surface area contributed by atoms with Gasteiger partial charge in [-0.15, -0.1) is 6.58 Å². The number of rotatable bonds is 4. The molecule has 0 amide bonds. The maximum absolute atomic E-state index is 3.82. The summed E-state index contributed by atoms with van der Waals surface area (Å²) >= 11 is 0. The molecule has 1 rings (SSSR count). The molecule has 0 radical (unpaired) electrons. The van der Waals surface area contributed by atoms with Crippen molar-refractivity contribution in [2.24, 2.45) is 0 Å². The number of piperazine rings is 1. The summed E-state index contributed by atoms with van der Waals surface area (Å²) in [5.41, 5.74) is 0.253. The van der Waals surface area contributed by atoms with Crippen LogP contribution in [0.3, 0.4) is 0 Å². The summed E-state index contributed by atoms with van der Waals surface area (Å²) in [6, 6.07) is 0.596. The minimum atomic E-state index is 0.253. The molecule has 3 heteroatoms. The molecule has 0 aromatic heterocycles. The van der Waals surface area contributed by atoms with Crippen molar-refractivity contribution < 1.29 is 0 Å². The topological polar surface area (TPSA) is 18.5 Å². The van der Waals surface area contributed by atoms with E-state index >= 15 is 0 Å². The van der Waals surface area contributed by atoms with Crippen molar-refractivity contribution in [1.82, 2.24) is 15.1 Å².